The number of nitrogens with one attached hydrogen (secondary N) is 1. The molecule has 0 saturated heterocycles. The molecule has 0 bridgehead atoms. The zero-order valence-corrected chi connectivity index (χ0v) is 15.4. The Labute approximate surface area is 161 Å². The number of hydroxylamine groups is 1. The van der Waals surface area contributed by atoms with Crippen LogP contribution in [0.5, 0.6) is 11.5 Å². The van der Waals surface area contributed by atoms with E-state index in [0.717, 1.165) is 5.56 Å². The number of nitrogens with zero attached hydrogens (tertiary/aromatic N) is 1. The highest BCUT2D eigenvalue weighted by Crippen LogP contribution is 2.27. The SMILES string of the molecule is CC1COc2cc(C(=O)NO)ccc2CN1C(=O)CCOc1ccc(F)cc1. The van der Waals surface area contributed by atoms with Gasteiger partial charge in [0.15, 0.2) is 0 Å². The Morgan fingerprint density at radius 1 is 1.29 bits per heavy atom. The summed E-state index contributed by atoms with van der Waals surface area (Å²) in [5.74, 6) is -0.0646. The second-order valence-electron chi connectivity index (χ2n) is 6.50. The molecule has 1 unspecified atom stereocenters. The maximum absolute atomic E-state index is 12.9. The van der Waals surface area contributed by atoms with Crippen LogP contribution in [0.3, 0.4) is 0 Å². The standard InChI is InChI=1S/C20H21FN2O5/c1-13-12-28-18-10-14(20(25)22-26)2-3-15(18)11-23(13)19(24)8-9-27-17-6-4-16(21)5-7-17/h2-7,10,13,26H,8-9,11-12H2,1H3,(H,22,25). The first-order valence-electron chi connectivity index (χ1n) is 8.86. The molecule has 0 radical (unpaired) electrons. The number of ether oxygens (including phenoxy) is 2. The summed E-state index contributed by atoms with van der Waals surface area (Å²) in [6, 6.07) is 10.3. The number of hydrogen-bond acceptors (Lipinski definition) is 5. The third-order valence-electron chi connectivity index (χ3n) is 4.50. The van der Waals surface area contributed by atoms with Gasteiger partial charge in [0, 0.05) is 17.7 Å². The Morgan fingerprint density at radius 2 is 2.04 bits per heavy atom. The van der Waals surface area contributed by atoms with Crippen LogP contribution < -0.4 is 15.0 Å². The number of carbonyl (C=O) groups is 2. The lowest BCUT2D eigenvalue weighted by molar-refractivity contribution is -0.134. The molecule has 7 nitrogen and oxygen atoms in total. The highest BCUT2D eigenvalue weighted by atomic mass is 19.1. The van der Waals surface area contributed by atoms with Crippen LogP contribution in [0.25, 0.3) is 0 Å². The summed E-state index contributed by atoms with van der Waals surface area (Å²) in [5, 5.41) is 8.76. The first kappa shape index (κ1) is 19.6. The van der Waals surface area contributed by atoms with Gasteiger partial charge in [-0.2, -0.15) is 0 Å². The van der Waals surface area contributed by atoms with Gasteiger partial charge in [-0.25, -0.2) is 9.87 Å². The Bertz CT molecular complexity index is 856. The third kappa shape index (κ3) is 4.58. The van der Waals surface area contributed by atoms with Crippen LogP contribution in [0.4, 0.5) is 4.39 Å². The lowest BCUT2D eigenvalue weighted by atomic mass is 10.1. The number of fused-ring (bicyclic) bond motifs is 1. The summed E-state index contributed by atoms with van der Waals surface area (Å²) in [4.78, 5) is 25.9. The second kappa shape index (κ2) is 8.71. The number of hydrogen-bond donors (Lipinski definition) is 2. The van der Waals surface area contributed by atoms with Crippen LogP contribution in [0.15, 0.2) is 42.5 Å². The van der Waals surface area contributed by atoms with E-state index in [4.69, 9.17) is 14.7 Å². The van der Waals surface area contributed by atoms with Gasteiger partial charge >= 0.3 is 0 Å². The normalized spacial score (nSPS) is 15.8. The van der Waals surface area contributed by atoms with E-state index in [1.54, 1.807) is 28.6 Å². The molecule has 0 saturated carbocycles. The molecular formula is C20H21FN2O5. The van der Waals surface area contributed by atoms with Crippen molar-refractivity contribution in [1.29, 1.82) is 0 Å². The highest BCUT2D eigenvalue weighted by molar-refractivity contribution is 5.93. The summed E-state index contributed by atoms with van der Waals surface area (Å²) in [5.41, 5.74) is 2.62. The van der Waals surface area contributed by atoms with Gasteiger partial charge in [0.1, 0.15) is 23.9 Å². The van der Waals surface area contributed by atoms with Crippen LogP contribution in [0, 0.1) is 5.82 Å². The highest BCUT2D eigenvalue weighted by Gasteiger charge is 2.26. The molecule has 0 aromatic heterocycles. The van der Waals surface area contributed by atoms with E-state index in [-0.39, 0.29) is 43.0 Å². The number of benzene rings is 2. The summed E-state index contributed by atoms with van der Waals surface area (Å²) in [6.07, 6.45) is 0.169. The van der Waals surface area contributed by atoms with Crippen molar-refractivity contribution in [1.82, 2.24) is 10.4 Å². The van der Waals surface area contributed by atoms with Gasteiger partial charge < -0.3 is 14.4 Å². The molecule has 0 spiro atoms. The zero-order chi connectivity index (χ0) is 20.1. The number of carbonyl (C=O) groups excluding carboxylic acids is 2. The minimum atomic E-state index is -0.630. The van der Waals surface area contributed by atoms with Crippen molar-refractivity contribution in [2.75, 3.05) is 13.2 Å². The molecule has 2 N–H and O–H groups in total. The van der Waals surface area contributed by atoms with Crippen LogP contribution in [-0.2, 0) is 11.3 Å². The predicted molar refractivity (Wildman–Crippen MR) is 97.7 cm³/mol. The van der Waals surface area contributed by atoms with Crippen molar-refractivity contribution in [2.24, 2.45) is 0 Å². The van der Waals surface area contributed by atoms with Crippen molar-refractivity contribution in [3.63, 3.8) is 0 Å². The lowest BCUT2D eigenvalue weighted by Gasteiger charge is -2.26. The summed E-state index contributed by atoms with van der Waals surface area (Å²) in [7, 11) is 0. The van der Waals surface area contributed by atoms with Crippen molar-refractivity contribution >= 4 is 11.8 Å². The molecule has 1 atom stereocenters. The van der Waals surface area contributed by atoms with Crippen LogP contribution in [0.2, 0.25) is 0 Å². The molecule has 2 amide bonds. The topological polar surface area (TPSA) is 88.1 Å². The van der Waals surface area contributed by atoms with E-state index >= 15 is 0 Å². The van der Waals surface area contributed by atoms with Gasteiger partial charge in [-0.3, -0.25) is 14.8 Å². The third-order valence-corrected chi connectivity index (χ3v) is 4.50. The molecule has 28 heavy (non-hydrogen) atoms. The monoisotopic (exact) mass is 388 g/mol. The van der Waals surface area contributed by atoms with E-state index in [0.29, 0.717) is 18.0 Å². The first-order chi connectivity index (χ1) is 13.5. The molecule has 8 heteroatoms. The van der Waals surface area contributed by atoms with Gasteiger partial charge in [0.2, 0.25) is 5.91 Å². The molecule has 148 valence electrons. The van der Waals surface area contributed by atoms with E-state index in [1.165, 1.54) is 24.3 Å². The van der Waals surface area contributed by atoms with Crippen molar-refractivity contribution in [2.45, 2.75) is 25.9 Å². The van der Waals surface area contributed by atoms with E-state index < -0.39 is 5.91 Å². The zero-order valence-electron chi connectivity index (χ0n) is 15.4. The minimum absolute atomic E-state index is 0.0942. The van der Waals surface area contributed by atoms with Crippen molar-refractivity contribution in [3.05, 3.63) is 59.4 Å². The largest absolute Gasteiger partial charge is 0.493 e. The fraction of sp³-hybridized carbons (Fsp3) is 0.300. The fourth-order valence-electron chi connectivity index (χ4n) is 2.93. The second-order valence-corrected chi connectivity index (χ2v) is 6.50. The minimum Gasteiger partial charge on any atom is -0.493 e. The predicted octanol–water partition coefficient (Wildman–Crippen LogP) is 2.52. The maximum Gasteiger partial charge on any atom is 0.274 e. The van der Waals surface area contributed by atoms with Crippen molar-refractivity contribution in [3.8, 4) is 11.5 Å². The van der Waals surface area contributed by atoms with Crippen LogP contribution in [0.1, 0.15) is 29.3 Å². The molecule has 3 rings (SSSR count). The molecular weight excluding hydrogens is 367 g/mol. The molecule has 1 heterocycles. The molecule has 0 aliphatic carbocycles. The molecule has 0 fully saturated rings. The average Bonchev–Trinajstić information content (AvgIpc) is 2.87. The Morgan fingerprint density at radius 3 is 2.75 bits per heavy atom. The van der Waals surface area contributed by atoms with Gasteiger partial charge in [-0.15, -0.1) is 0 Å². The Hall–Kier alpha value is -3.13. The number of halogens is 1. The summed E-state index contributed by atoms with van der Waals surface area (Å²) >= 11 is 0. The lowest BCUT2D eigenvalue weighted by Crippen LogP contribution is -2.40. The average molecular weight is 388 g/mol. The Kier molecular flexibility index (Phi) is 6.10. The fourth-order valence-corrected chi connectivity index (χ4v) is 2.93. The first-order valence-corrected chi connectivity index (χ1v) is 8.86. The quantitative estimate of drug-likeness (QED) is 0.607. The molecule has 2 aromatic carbocycles. The maximum atomic E-state index is 12.9. The van der Waals surface area contributed by atoms with Gasteiger partial charge in [-0.1, -0.05) is 6.07 Å². The van der Waals surface area contributed by atoms with Crippen LogP contribution >= 0.6 is 0 Å². The van der Waals surface area contributed by atoms with E-state index in [9.17, 15) is 14.0 Å². The van der Waals surface area contributed by atoms with Gasteiger partial charge in [0.05, 0.1) is 19.1 Å². The molecule has 2 aromatic rings. The Balaban J connectivity index is 1.63. The molecule has 1 aliphatic heterocycles. The summed E-state index contributed by atoms with van der Waals surface area (Å²) in [6.45, 7) is 2.68. The van der Waals surface area contributed by atoms with E-state index in [1.807, 2.05) is 6.92 Å². The van der Waals surface area contributed by atoms with Gasteiger partial charge in [0.25, 0.3) is 5.91 Å². The summed E-state index contributed by atoms with van der Waals surface area (Å²) < 4.78 is 24.1. The van der Waals surface area contributed by atoms with Crippen molar-refractivity contribution < 1.29 is 28.7 Å². The molecule has 1 aliphatic rings. The van der Waals surface area contributed by atoms with Crippen LogP contribution in [-0.4, -0.2) is 41.2 Å². The van der Waals surface area contributed by atoms with E-state index in [2.05, 4.69) is 0 Å². The smallest absolute Gasteiger partial charge is 0.274 e. The number of rotatable bonds is 5. The number of amides is 2. The van der Waals surface area contributed by atoms with Gasteiger partial charge in [-0.05, 0) is 43.3 Å².